The number of amides is 3. The summed E-state index contributed by atoms with van der Waals surface area (Å²) in [6.07, 6.45) is 2.26. The third-order valence-corrected chi connectivity index (χ3v) is 3.42. The number of piperazine rings is 1. The molecule has 0 aromatic carbocycles. The van der Waals surface area contributed by atoms with Crippen LogP contribution >= 0.6 is 0 Å². The second-order valence-corrected chi connectivity index (χ2v) is 4.89. The topological polar surface area (TPSA) is 91.7 Å². The molecule has 2 heterocycles. The van der Waals surface area contributed by atoms with Crippen molar-refractivity contribution >= 4 is 17.7 Å². The van der Waals surface area contributed by atoms with Crippen molar-refractivity contribution in [2.45, 2.75) is 25.8 Å². The Morgan fingerprint density at radius 2 is 2.33 bits per heavy atom. The summed E-state index contributed by atoms with van der Waals surface area (Å²) >= 11 is 0. The van der Waals surface area contributed by atoms with Gasteiger partial charge in [0.25, 0.3) is 5.91 Å². The molecule has 21 heavy (non-hydrogen) atoms. The van der Waals surface area contributed by atoms with E-state index in [1.54, 1.807) is 24.0 Å². The van der Waals surface area contributed by atoms with E-state index in [9.17, 15) is 14.4 Å². The predicted octanol–water partition coefficient (Wildman–Crippen LogP) is 0.137. The molecule has 1 saturated heterocycles. The van der Waals surface area contributed by atoms with Crippen LogP contribution < -0.4 is 10.6 Å². The van der Waals surface area contributed by atoms with Gasteiger partial charge in [-0.2, -0.15) is 0 Å². The van der Waals surface area contributed by atoms with Crippen molar-refractivity contribution in [2.75, 3.05) is 19.6 Å². The van der Waals surface area contributed by atoms with Gasteiger partial charge in [0.2, 0.25) is 11.8 Å². The molecule has 1 aliphatic heterocycles. The molecule has 0 aliphatic carbocycles. The third-order valence-electron chi connectivity index (χ3n) is 3.42. The zero-order valence-electron chi connectivity index (χ0n) is 11.9. The number of furan rings is 1. The van der Waals surface area contributed by atoms with Gasteiger partial charge in [-0.05, 0) is 25.5 Å². The summed E-state index contributed by atoms with van der Waals surface area (Å²) in [6.45, 7) is 3.12. The van der Waals surface area contributed by atoms with Crippen LogP contribution in [0.5, 0.6) is 0 Å². The first kappa shape index (κ1) is 15.1. The Morgan fingerprint density at radius 3 is 3.05 bits per heavy atom. The van der Waals surface area contributed by atoms with Gasteiger partial charge in [0, 0.05) is 26.1 Å². The summed E-state index contributed by atoms with van der Waals surface area (Å²) in [5.41, 5.74) is 0. The fraction of sp³-hybridized carbons (Fsp3) is 0.500. The van der Waals surface area contributed by atoms with Gasteiger partial charge >= 0.3 is 0 Å². The SMILES string of the molecule is CC1C(=O)NCCN1C(=O)CCCNC(=O)c1ccco1. The van der Waals surface area contributed by atoms with Crippen molar-refractivity contribution < 1.29 is 18.8 Å². The van der Waals surface area contributed by atoms with E-state index in [2.05, 4.69) is 10.6 Å². The van der Waals surface area contributed by atoms with Crippen molar-refractivity contribution in [3.8, 4) is 0 Å². The largest absolute Gasteiger partial charge is 0.459 e. The van der Waals surface area contributed by atoms with Crippen molar-refractivity contribution in [3.05, 3.63) is 24.2 Å². The van der Waals surface area contributed by atoms with E-state index in [-0.39, 0.29) is 23.5 Å². The Hall–Kier alpha value is -2.31. The van der Waals surface area contributed by atoms with E-state index in [4.69, 9.17) is 4.42 Å². The van der Waals surface area contributed by atoms with E-state index in [0.29, 0.717) is 32.5 Å². The van der Waals surface area contributed by atoms with Crippen LogP contribution in [0.1, 0.15) is 30.3 Å². The molecule has 1 aromatic rings. The second-order valence-electron chi connectivity index (χ2n) is 4.89. The minimum Gasteiger partial charge on any atom is -0.459 e. The fourth-order valence-electron chi connectivity index (χ4n) is 2.20. The van der Waals surface area contributed by atoms with Crippen LogP contribution in [0.3, 0.4) is 0 Å². The van der Waals surface area contributed by atoms with Crippen LogP contribution in [-0.2, 0) is 9.59 Å². The summed E-state index contributed by atoms with van der Waals surface area (Å²) in [5.74, 6) is -0.230. The molecule has 0 saturated carbocycles. The van der Waals surface area contributed by atoms with E-state index < -0.39 is 6.04 Å². The standard InChI is InChI=1S/C14H19N3O4/c1-10-13(19)16-7-8-17(10)12(18)5-2-6-15-14(20)11-4-3-9-21-11/h3-4,9-10H,2,5-8H2,1H3,(H,15,20)(H,16,19). The maximum Gasteiger partial charge on any atom is 0.286 e. The summed E-state index contributed by atoms with van der Waals surface area (Å²) in [4.78, 5) is 36.7. The van der Waals surface area contributed by atoms with Crippen molar-refractivity contribution in [3.63, 3.8) is 0 Å². The minimum absolute atomic E-state index is 0.0652. The molecule has 1 atom stereocenters. The molecule has 114 valence electrons. The number of nitrogens with zero attached hydrogens (tertiary/aromatic N) is 1. The fourth-order valence-corrected chi connectivity index (χ4v) is 2.20. The molecule has 3 amide bonds. The highest BCUT2D eigenvalue weighted by molar-refractivity contribution is 5.91. The molecule has 1 fully saturated rings. The Balaban J connectivity index is 1.69. The number of nitrogens with one attached hydrogen (secondary N) is 2. The molecule has 2 rings (SSSR count). The maximum absolute atomic E-state index is 12.0. The average Bonchev–Trinajstić information content (AvgIpc) is 3.00. The number of carbonyl (C=O) groups excluding carboxylic acids is 3. The Morgan fingerprint density at radius 1 is 1.52 bits per heavy atom. The van der Waals surface area contributed by atoms with Gasteiger partial charge in [0.05, 0.1) is 6.26 Å². The van der Waals surface area contributed by atoms with E-state index in [1.165, 1.54) is 6.26 Å². The Labute approximate surface area is 122 Å². The van der Waals surface area contributed by atoms with Gasteiger partial charge < -0.3 is 20.0 Å². The zero-order chi connectivity index (χ0) is 15.2. The van der Waals surface area contributed by atoms with Gasteiger partial charge in [0.15, 0.2) is 5.76 Å². The van der Waals surface area contributed by atoms with E-state index in [0.717, 1.165) is 0 Å². The van der Waals surface area contributed by atoms with Gasteiger partial charge in [0.1, 0.15) is 6.04 Å². The monoisotopic (exact) mass is 293 g/mol. The average molecular weight is 293 g/mol. The summed E-state index contributed by atoms with van der Waals surface area (Å²) in [6, 6.07) is 2.79. The van der Waals surface area contributed by atoms with E-state index in [1.807, 2.05) is 0 Å². The Bertz CT molecular complexity index is 512. The number of hydrogen-bond donors (Lipinski definition) is 2. The van der Waals surface area contributed by atoms with Crippen LogP contribution in [0.2, 0.25) is 0 Å². The smallest absolute Gasteiger partial charge is 0.286 e. The lowest BCUT2D eigenvalue weighted by atomic mass is 10.1. The molecule has 1 unspecified atom stereocenters. The molecule has 7 heteroatoms. The van der Waals surface area contributed by atoms with Crippen molar-refractivity contribution in [1.29, 1.82) is 0 Å². The first-order chi connectivity index (χ1) is 10.1. The van der Waals surface area contributed by atoms with Crippen LogP contribution in [0.4, 0.5) is 0 Å². The van der Waals surface area contributed by atoms with Gasteiger partial charge in [-0.3, -0.25) is 14.4 Å². The molecular weight excluding hydrogens is 274 g/mol. The highest BCUT2D eigenvalue weighted by Crippen LogP contribution is 2.07. The molecule has 0 bridgehead atoms. The molecule has 1 aliphatic rings. The summed E-state index contributed by atoms with van der Waals surface area (Å²) in [7, 11) is 0. The van der Waals surface area contributed by atoms with Crippen molar-refractivity contribution in [1.82, 2.24) is 15.5 Å². The highest BCUT2D eigenvalue weighted by atomic mass is 16.3. The lowest BCUT2D eigenvalue weighted by molar-refractivity contribution is -0.142. The number of hydrogen-bond acceptors (Lipinski definition) is 4. The van der Waals surface area contributed by atoms with Crippen LogP contribution in [0, 0.1) is 0 Å². The molecule has 1 aromatic heterocycles. The quantitative estimate of drug-likeness (QED) is 0.755. The van der Waals surface area contributed by atoms with Crippen molar-refractivity contribution in [2.24, 2.45) is 0 Å². The Kier molecular flexibility index (Phi) is 4.97. The lowest BCUT2D eigenvalue weighted by Crippen LogP contribution is -2.55. The molecule has 0 spiro atoms. The molecule has 0 radical (unpaired) electrons. The molecule has 2 N–H and O–H groups in total. The van der Waals surface area contributed by atoms with Crippen LogP contribution in [0.15, 0.2) is 22.8 Å². The highest BCUT2D eigenvalue weighted by Gasteiger charge is 2.28. The summed E-state index contributed by atoms with van der Waals surface area (Å²) < 4.78 is 4.96. The zero-order valence-corrected chi connectivity index (χ0v) is 11.9. The van der Waals surface area contributed by atoms with Gasteiger partial charge in [-0.1, -0.05) is 0 Å². The predicted molar refractivity (Wildman–Crippen MR) is 74.5 cm³/mol. The van der Waals surface area contributed by atoms with Crippen LogP contribution in [0.25, 0.3) is 0 Å². The molecular formula is C14H19N3O4. The van der Waals surface area contributed by atoms with Gasteiger partial charge in [-0.25, -0.2) is 0 Å². The van der Waals surface area contributed by atoms with Gasteiger partial charge in [-0.15, -0.1) is 0 Å². The number of rotatable bonds is 5. The molecule has 7 nitrogen and oxygen atoms in total. The normalized spacial score (nSPS) is 18.2. The lowest BCUT2D eigenvalue weighted by Gasteiger charge is -2.32. The third kappa shape index (κ3) is 3.84. The summed E-state index contributed by atoms with van der Waals surface area (Å²) in [5, 5.41) is 5.39. The van der Waals surface area contributed by atoms with Crippen LogP contribution in [-0.4, -0.2) is 48.3 Å². The minimum atomic E-state index is -0.427. The first-order valence-corrected chi connectivity index (χ1v) is 6.98. The first-order valence-electron chi connectivity index (χ1n) is 6.98. The van der Waals surface area contributed by atoms with E-state index >= 15 is 0 Å². The maximum atomic E-state index is 12.0. The second kappa shape index (κ2) is 6.92. The number of carbonyl (C=O) groups is 3.